The Balaban J connectivity index is 1.92. The fourth-order valence-corrected chi connectivity index (χ4v) is 4.28. The van der Waals surface area contributed by atoms with E-state index in [0.717, 1.165) is 37.6 Å². The molecule has 0 spiro atoms. The van der Waals surface area contributed by atoms with Gasteiger partial charge in [0.1, 0.15) is 5.82 Å². The summed E-state index contributed by atoms with van der Waals surface area (Å²) in [5.74, 6) is -0.505. The number of halogens is 1. The van der Waals surface area contributed by atoms with Crippen LogP contribution in [0.25, 0.3) is 5.57 Å². The van der Waals surface area contributed by atoms with Crippen LogP contribution >= 0.6 is 0 Å². The summed E-state index contributed by atoms with van der Waals surface area (Å²) >= 11 is 0. The quantitative estimate of drug-likeness (QED) is 0.835. The monoisotopic (exact) mass is 281 g/mol. The maximum absolute atomic E-state index is 13.2. The molecule has 1 aromatic rings. The lowest BCUT2D eigenvalue weighted by molar-refractivity contribution is 0.255. The topological polar surface area (TPSA) is 37.4 Å². The summed E-state index contributed by atoms with van der Waals surface area (Å²) in [5, 5.41) is 1.30. The summed E-state index contributed by atoms with van der Waals surface area (Å²) in [6.45, 7) is 2.65. The molecule has 19 heavy (non-hydrogen) atoms. The van der Waals surface area contributed by atoms with Gasteiger partial charge in [-0.1, -0.05) is 12.5 Å². The summed E-state index contributed by atoms with van der Waals surface area (Å²) in [4.78, 5) is 2.38. The Morgan fingerprint density at radius 3 is 2.63 bits per heavy atom. The molecule has 0 aromatic heterocycles. The number of fused-ring (bicyclic) bond motifs is 1. The van der Waals surface area contributed by atoms with Gasteiger partial charge in [-0.05, 0) is 49.2 Å². The van der Waals surface area contributed by atoms with E-state index < -0.39 is 15.7 Å². The molecular formula is C14H16FNO2S. The smallest absolute Gasteiger partial charge is 0.200 e. The van der Waals surface area contributed by atoms with Gasteiger partial charge in [-0.3, -0.25) is 4.90 Å². The Morgan fingerprint density at radius 2 is 1.89 bits per heavy atom. The summed E-state index contributed by atoms with van der Waals surface area (Å²) in [6.07, 6.45) is 3.57. The molecule has 5 heteroatoms. The van der Waals surface area contributed by atoms with Crippen molar-refractivity contribution in [2.75, 3.05) is 19.6 Å². The SMILES string of the molecule is O=S1(=O)C=C(CN2CCCCC2)c2ccc(F)cc21. The molecule has 0 aliphatic carbocycles. The van der Waals surface area contributed by atoms with Crippen LogP contribution in [0.4, 0.5) is 4.39 Å². The standard InChI is InChI=1S/C14H16FNO2S/c15-12-4-5-13-11(9-16-6-2-1-3-7-16)10-19(17,18)14(13)8-12/h4-5,8,10H,1-3,6-7,9H2. The second kappa shape index (κ2) is 4.72. The molecular weight excluding hydrogens is 265 g/mol. The average molecular weight is 281 g/mol. The van der Waals surface area contributed by atoms with Crippen LogP contribution < -0.4 is 0 Å². The van der Waals surface area contributed by atoms with Gasteiger partial charge in [-0.15, -0.1) is 0 Å². The first kappa shape index (κ1) is 12.8. The van der Waals surface area contributed by atoms with Crippen LogP contribution in [0.15, 0.2) is 28.5 Å². The van der Waals surface area contributed by atoms with Crippen LogP contribution in [0.5, 0.6) is 0 Å². The zero-order chi connectivity index (χ0) is 13.5. The number of hydrogen-bond acceptors (Lipinski definition) is 3. The van der Waals surface area contributed by atoms with Crippen molar-refractivity contribution in [3.05, 3.63) is 35.0 Å². The Bertz CT molecular complexity index is 631. The lowest BCUT2D eigenvalue weighted by Crippen LogP contribution is -2.30. The number of piperidine rings is 1. The molecule has 1 saturated heterocycles. The maximum atomic E-state index is 13.2. The van der Waals surface area contributed by atoms with Crippen molar-refractivity contribution in [2.24, 2.45) is 0 Å². The molecule has 2 aliphatic rings. The van der Waals surface area contributed by atoms with Gasteiger partial charge in [0.05, 0.1) is 4.90 Å². The predicted molar refractivity (Wildman–Crippen MR) is 71.9 cm³/mol. The van der Waals surface area contributed by atoms with Crippen LogP contribution in [-0.4, -0.2) is 33.0 Å². The van der Waals surface area contributed by atoms with Crippen LogP contribution in [0.1, 0.15) is 24.8 Å². The summed E-state index contributed by atoms with van der Waals surface area (Å²) < 4.78 is 37.2. The zero-order valence-electron chi connectivity index (χ0n) is 10.6. The zero-order valence-corrected chi connectivity index (χ0v) is 11.4. The van der Waals surface area contributed by atoms with Gasteiger partial charge >= 0.3 is 0 Å². The Kier molecular flexibility index (Phi) is 3.19. The normalized spacial score (nSPS) is 22.1. The highest BCUT2D eigenvalue weighted by Gasteiger charge is 2.28. The van der Waals surface area contributed by atoms with E-state index in [1.165, 1.54) is 17.9 Å². The third-order valence-corrected chi connectivity index (χ3v) is 5.28. The summed E-state index contributed by atoms with van der Waals surface area (Å²) in [7, 11) is -3.46. The first-order valence-corrected chi connectivity index (χ1v) is 8.09. The third kappa shape index (κ3) is 2.44. The Labute approximate surface area is 112 Å². The molecule has 2 aliphatic heterocycles. The van der Waals surface area contributed by atoms with Crippen LogP contribution in [0.3, 0.4) is 0 Å². The first-order valence-electron chi connectivity index (χ1n) is 6.54. The lowest BCUT2D eigenvalue weighted by atomic mass is 10.1. The molecule has 3 rings (SSSR count). The van der Waals surface area contributed by atoms with E-state index in [1.807, 2.05) is 0 Å². The van der Waals surface area contributed by atoms with Crippen LogP contribution in [-0.2, 0) is 9.84 Å². The van der Waals surface area contributed by atoms with Crippen molar-refractivity contribution in [2.45, 2.75) is 24.2 Å². The number of benzene rings is 1. The van der Waals surface area contributed by atoms with E-state index >= 15 is 0 Å². The van der Waals surface area contributed by atoms with E-state index in [0.29, 0.717) is 12.1 Å². The number of rotatable bonds is 2. The average Bonchev–Trinajstić information content (AvgIpc) is 2.62. The summed E-state index contributed by atoms with van der Waals surface area (Å²) in [5.41, 5.74) is 1.45. The van der Waals surface area contributed by atoms with Gasteiger partial charge in [-0.2, -0.15) is 0 Å². The molecule has 0 unspecified atom stereocenters. The highest BCUT2D eigenvalue weighted by molar-refractivity contribution is 7.95. The van der Waals surface area contributed by atoms with Gasteiger partial charge in [0.25, 0.3) is 0 Å². The van der Waals surface area contributed by atoms with Gasteiger partial charge in [0.2, 0.25) is 9.84 Å². The van der Waals surface area contributed by atoms with E-state index in [-0.39, 0.29) is 4.90 Å². The number of likely N-dealkylation sites (tertiary alicyclic amines) is 1. The van der Waals surface area contributed by atoms with Crippen molar-refractivity contribution in [3.8, 4) is 0 Å². The highest BCUT2D eigenvalue weighted by Crippen LogP contribution is 2.34. The molecule has 3 nitrogen and oxygen atoms in total. The molecule has 1 aromatic carbocycles. The van der Waals surface area contributed by atoms with Crippen molar-refractivity contribution in [3.63, 3.8) is 0 Å². The number of hydrogen-bond donors (Lipinski definition) is 0. The van der Waals surface area contributed by atoms with E-state index in [1.54, 1.807) is 6.07 Å². The Morgan fingerprint density at radius 1 is 1.16 bits per heavy atom. The third-order valence-electron chi connectivity index (χ3n) is 3.74. The maximum Gasteiger partial charge on any atom is 0.200 e. The summed E-state index contributed by atoms with van der Waals surface area (Å²) in [6, 6.07) is 4.01. The minimum atomic E-state index is -3.46. The van der Waals surface area contributed by atoms with E-state index in [4.69, 9.17) is 0 Å². The first-order chi connectivity index (χ1) is 9.06. The van der Waals surface area contributed by atoms with E-state index in [9.17, 15) is 12.8 Å². The Hall–Kier alpha value is -1.20. The largest absolute Gasteiger partial charge is 0.299 e. The molecule has 2 heterocycles. The molecule has 0 saturated carbocycles. The second-order valence-electron chi connectivity index (χ2n) is 5.17. The number of nitrogens with zero attached hydrogens (tertiary/aromatic N) is 1. The highest BCUT2D eigenvalue weighted by atomic mass is 32.2. The van der Waals surface area contributed by atoms with Crippen LogP contribution in [0.2, 0.25) is 0 Å². The fourth-order valence-electron chi connectivity index (χ4n) is 2.79. The molecule has 0 bridgehead atoms. The predicted octanol–water partition coefficient (Wildman–Crippen LogP) is 2.44. The molecule has 0 radical (unpaired) electrons. The van der Waals surface area contributed by atoms with E-state index in [2.05, 4.69) is 4.90 Å². The number of sulfone groups is 1. The van der Waals surface area contributed by atoms with Crippen molar-refractivity contribution < 1.29 is 12.8 Å². The molecule has 0 amide bonds. The minimum Gasteiger partial charge on any atom is -0.299 e. The molecule has 0 atom stereocenters. The fraction of sp³-hybridized carbons (Fsp3) is 0.429. The minimum absolute atomic E-state index is 0.111. The lowest BCUT2D eigenvalue weighted by Gasteiger charge is -2.26. The molecule has 1 fully saturated rings. The molecule has 0 N–H and O–H groups in total. The van der Waals surface area contributed by atoms with Crippen molar-refractivity contribution in [1.82, 2.24) is 4.90 Å². The van der Waals surface area contributed by atoms with Gasteiger partial charge < -0.3 is 0 Å². The van der Waals surface area contributed by atoms with Crippen LogP contribution in [0, 0.1) is 5.82 Å². The van der Waals surface area contributed by atoms with Gasteiger partial charge in [-0.25, -0.2) is 12.8 Å². The second-order valence-corrected chi connectivity index (χ2v) is 6.93. The van der Waals surface area contributed by atoms with Crippen molar-refractivity contribution in [1.29, 1.82) is 0 Å². The van der Waals surface area contributed by atoms with Crippen molar-refractivity contribution >= 4 is 15.4 Å². The van der Waals surface area contributed by atoms with Gasteiger partial charge in [0.15, 0.2) is 0 Å². The van der Waals surface area contributed by atoms with Gasteiger partial charge in [0, 0.05) is 12.0 Å². The molecule has 102 valence electrons.